The highest BCUT2D eigenvalue weighted by atomic mass is 32.2. The molecule has 0 bridgehead atoms. The van der Waals surface area contributed by atoms with Crippen LogP contribution in [0.25, 0.3) is 11.1 Å². The first-order valence-electron chi connectivity index (χ1n) is 12.9. The van der Waals surface area contributed by atoms with E-state index in [9.17, 15) is 27.5 Å². The van der Waals surface area contributed by atoms with Crippen molar-refractivity contribution in [2.24, 2.45) is 0 Å². The summed E-state index contributed by atoms with van der Waals surface area (Å²) in [5.74, 6) is -1.07. The van der Waals surface area contributed by atoms with Crippen molar-refractivity contribution in [1.29, 1.82) is 0 Å². The Hall–Kier alpha value is -3.76. The molecule has 40 heavy (non-hydrogen) atoms. The molecule has 0 unspecified atom stereocenters. The SMILES string of the molecule is CC(C)(C)OC(=O)N1CC[C@@]2(C(=O)Nc3ccccc32)[C@@H]1c1cccc(-c2cc(F)c(CO)c(S(C)(=O)=O)c2)c1. The van der Waals surface area contributed by atoms with Crippen molar-refractivity contribution in [1.82, 2.24) is 4.90 Å². The van der Waals surface area contributed by atoms with Crippen molar-refractivity contribution in [3.8, 4) is 11.1 Å². The first kappa shape index (κ1) is 27.8. The van der Waals surface area contributed by atoms with Gasteiger partial charge in [0.25, 0.3) is 0 Å². The van der Waals surface area contributed by atoms with Gasteiger partial charge in [-0.05, 0) is 73.7 Å². The highest BCUT2D eigenvalue weighted by Crippen LogP contribution is 2.55. The van der Waals surface area contributed by atoms with Crippen LogP contribution in [0, 0.1) is 5.82 Å². The number of anilines is 1. The molecule has 2 N–H and O–H groups in total. The lowest BCUT2D eigenvalue weighted by atomic mass is 9.72. The Morgan fingerprint density at radius 1 is 1.12 bits per heavy atom. The van der Waals surface area contributed by atoms with Crippen molar-refractivity contribution < 1.29 is 32.2 Å². The molecule has 0 aliphatic carbocycles. The Bertz CT molecular complexity index is 1630. The van der Waals surface area contributed by atoms with Crippen molar-refractivity contribution in [3.05, 3.63) is 83.2 Å². The minimum Gasteiger partial charge on any atom is -0.444 e. The molecule has 3 aromatic carbocycles. The number of amides is 2. The number of rotatable bonds is 4. The number of hydrogen-bond donors (Lipinski definition) is 2. The van der Waals surface area contributed by atoms with E-state index in [1.807, 2.05) is 24.3 Å². The summed E-state index contributed by atoms with van der Waals surface area (Å²) in [6.45, 7) is 4.82. The van der Waals surface area contributed by atoms with E-state index >= 15 is 0 Å². The maximum absolute atomic E-state index is 15.0. The largest absolute Gasteiger partial charge is 0.444 e. The van der Waals surface area contributed by atoms with Crippen molar-refractivity contribution >= 4 is 27.5 Å². The Balaban J connectivity index is 1.68. The summed E-state index contributed by atoms with van der Waals surface area (Å²) >= 11 is 0. The van der Waals surface area contributed by atoms with Crippen molar-refractivity contribution in [3.63, 3.8) is 0 Å². The predicted molar refractivity (Wildman–Crippen MR) is 148 cm³/mol. The average molecular weight is 567 g/mol. The molecular formula is C30H31FN2O6S. The Labute approximate surface area is 232 Å². The van der Waals surface area contributed by atoms with Gasteiger partial charge < -0.3 is 15.2 Å². The number of nitrogens with one attached hydrogen (secondary N) is 1. The smallest absolute Gasteiger partial charge is 0.410 e. The van der Waals surface area contributed by atoms with E-state index in [-0.39, 0.29) is 28.5 Å². The molecule has 2 aliphatic heterocycles. The molecule has 210 valence electrons. The van der Waals surface area contributed by atoms with Gasteiger partial charge in [-0.2, -0.15) is 0 Å². The second kappa shape index (κ2) is 9.71. The molecule has 2 atom stereocenters. The molecule has 2 aliphatic rings. The van der Waals surface area contributed by atoms with Gasteiger partial charge in [0.2, 0.25) is 5.91 Å². The van der Waals surface area contributed by atoms with Crippen LogP contribution >= 0.6 is 0 Å². The fourth-order valence-corrected chi connectivity index (χ4v) is 6.77. The number of benzene rings is 3. The average Bonchev–Trinajstić information content (AvgIpc) is 3.41. The van der Waals surface area contributed by atoms with Gasteiger partial charge in [-0.15, -0.1) is 0 Å². The van der Waals surface area contributed by atoms with Gasteiger partial charge in [0.05, 0.1) is 17.5 Å². The minimum atomic E-state index is -3.84. The number of aliphatic hydroxyl groups excluding tert-OH is 1. The van der Waals surface area contributed by atoms with Crippen LogP contribution < -0.4 is 5.32 Å². The van der Waals surface area contributed by atoms with Gasteiger partial charge >= 0.3 is 6.09 Å². The number of aliphatic hydroxyl groups is 1. The first-order chi connectivity index (χ1) is 18.8. The molecule has 2 amide bonds. The lowest BCUT2D eigenvalue weighted by Crippen LogP contribution is -2.44. The maximum Gasteiger partial charge on any atom is 0.410 e. The standard InChI is InChI=1S/C30H31FN2O6S/c1-29(2,3)39-28(36)33-13-12-30(22-10-5-6-11-24(22)32-27(30)35)26(33)19-9-7-8-18(14-19)20-15-23(31)21(17-34)25(16-20)40(4,37)38/h5-11,14-16,26,34H,12-13,17H2,1-4H3,(H,32,35)/t26-,30-/m0/s1. The quantitative estimate of drug-likeness (QED) is 0.462. The lowest BCUT2D eigenvalue weighted by molar-refractivity contribution is -0.121. The number of nitrogens with zero attached hydrogens (tertiary/aromatic N) is 1. The number of carbonyl (C=O) groups excluding carboxylic acids is 2. The summed E-state index contributed by atoms with van der Waals surface area (Å²) in [5, 5.41) is 12.6. The zero-order valence-corrected chi connectivity index (χ0v) is 23.5. The Morgan fingerprint density at radius 3 is 2.52 bits per heavy atom. The highest BCUT2D eigenvalue weighted by Gasteiger charge is 2.60. The zero-order chi connectivity index (χ0) is 29.0. The normalized spacial score (nSPS) is 20.5. The van der Waals surface area contributed by atoms with E-state index in [4.69, 9.17) is 4.74 Å². The Morgan fingerprint density at radius 2 is 1.85 bits per heavy atom. The number of hydrogen-bond acceptors (Lipinski definition) is 6. The van der Waals surface area contributed by atoms with Gasteiger partial charge in [-0.1, -0.05) is 36.4 Å². The summed E-state index contributed by atoms with van der Waals surface area (Å²) in [5.41, 5.74) is 0.693. The summed E-state index contributed by atoms with van der Waals surface area (Å²) in [6.07, 6.45) is 0.759. The van der Waals surface area contributed by atoms with Crippen LogP contribution in [0.5, 0.6) is 0 Å². The number of sulfone groups is 1. The number of fused-ring (bicyclic) bond motifs is 2. The van der Waals surface area contributed by atoms with E-state index in [1.54, 1.807) is 49.9 Å². The molecule has 0 saturated carbocycles. The minimum absolute atomic E-state index is 0.229. The maximum atomic E-state index is 15.0. The molecule has 5 rings (SSSR count). The van der Waals surface area contributed by atoms with Crippen LogP contribution in [0.3, 0.4) is 0 Å². The fourth-order valence-electron chi connectivity index (χ4n) is 5.82. The van der Waals surface area contributed by atoms with E-state index in [2.05, 4.69) is 5.32 Å². The van der Waals surface area contributed by atoms with E-state index in [0.29, 0.717) is 23.2 Å². The second-order valence-corrected chi connectivity index (χ2v) is 13.3. The molecule has 10 heteroatoms. The topological polar surface area (TPSA) is 113 Å². The van der Waals surface area contributed by atoms with E-state index < -0.39 is 45.4 Å². The third kappa shape index (κ3) is 4.65. The van der Waals surface area contributed by atoms with Gasteiger partial charge in [0.15, 0.2) is 9.84 Å². The van der Waals surface area contributed by atoms with Crippen LogP contribution in [-0.4, -0.2) is 48.8 Å². The van der Waals surface area contributed by atoms with Crippen LogP contribution in [0.15, 0.2) is 65.6 Å². The summed E-state index contributed by atoms with van der Waals surface area (Å²) in [4.78, 5) is 28.4. The highest BCUT2D eigenvalue weighted by molar-refractivity contribution is 7.90. The lowest BCUT2D eigenvalue weighted by Gasteiger charge is -2.35. The summed E-state index contributed by atoms with van der Waals surface area (Å²) < 4.78 is 45.5. The zero-order valence-electron chi connectivity index (χ0n) is 22.7. The molecule has 0 aromatic heterocycles. The molecule has 1 spiro atoms. The molecule has 2 heterocycles. The number of halogens is 1. The monoisotopic (exact) mass is 566 g/mol. The number of likely N-dealkylation sites (tertiary alicyclic amines) is 1. The second-order valence-electron chi connectivity index (χ2n) is 11.3. The van der Waals surface area contributed by atoms with Gasteiger partial charge in [-0.3, -0.25) is 9.69 Å². The van der Waals surface area contributed by atoms with Crippen LogP contribution in [0.4, 0.5) is 14.9 Å². The molecule has 8 nitrogen and oxygen atoms in total. The van der Waals surface area contributed by atoms with Crippen molar-refractivity contribution in [2.75, 3.05) is 18.1 Å². The van der Waals surface area contributed by atoms with Crippen molar-refractivity contribution in [2.45, 2.75) is 55.8 Å². The Kier molecular flexibility index (Phi) is 6.74. The molecule has 3 aromatic rings. The third-order valence-electron chi connectivity index (χ3n) is 7.46. The summed E-state index contributed by atoms with van der Waals surface area (Å²) in [6, 6.07) is 16.1. The van der Waals surface area contributed by atoms with Gasteiger partial charge in [0, 0.05) is 24.1 Å². The van der Waals surface area contributed by atoms with Gasteiger partial charge in [0.1, 0.15) is 16.8 Å². The van der Waals surface area contributed by atoms with E-state index in [1.165, 1.54) is 12.1 Å². The molecule has 1 fully saturated rings. The number of carbonyl (C=O) groups is 2. The van der Waals surface area contributed by atoms with Crippen LogP contribution in [0.2, 0.25) is 0 Å². The number of ether oxygens (including phenoxy) is 1. The number of para-hydroxylation sites is 1. The van der Waals surface area contributed by atoms with Gasteiger partial charge in [-0.25, -0.2) is 17.6 Å². The molecule has 0 radical (unpaired) electrons. The fraction of sp³-hybridized carbons (Fsp3) is 0.333. The molecule has 1 saturated heterocycles. The predicted octanol–water partition coefficient (Wildman–Crippen LogP) is 4.96. The first-order valence-corrected chi connectivity index (χ1v) is 14.8. The van der Waals surface area contributed by atoms with E-state index in [0.717, 1.165) is 11.8 Å². The molecular weight excluding hydrogens is 535 g/mol. The summed E-state index contributed by atoms with van der Waals surface area (Å²) in [7, 11) is -3.84. The van der Waals surface area contributed by atoms with Crippen LogP contribution in [0.1, 0.15) is 49.9 Å². The third-order valence-corrected chi connectivity index (χ3v) is 8.63. The van der Waals surface area contributed by atoms with Crippen LogP contribution in [-0.2, 0) is 31.4 Å².